The van der Waals surface area contributed by atoms with Crippen LogP contribution in [0.5, 0.6) is 0 Å². The highest BCUT2D eigenvalue weighted by Crippen LogP contribution is 2.44. The van der Waals surface area contributed by atoms with E-state index in [1.54, 1.807) is 40.0 Å². The van der Waals surface area contributed by atoms with Crippen molar-refractivity contribution in [2.45, 2.75) is 38.6 Å². The number of anilines is 3. The van der Waals surface area contributed by atoms with Crippen LogP contribution in [0.2, 0.25) is 0 Å². The number of nitrogens with one attached hydrogen (secondary N) is 1. The molecular weight excluding hydrogens is 435 g/mol. The third-order valence-corrected chi connectivity index (χ3v) is 6.08. The Bertz CT molecular complexity index is 1280. The summed E-state index contributed by atoms with van der Waals surface area (Å²) in [4.78, 5) is 23.3. The second kappa shape index (κ2) is 7.58. The zero-order valence-electron chi connectivity index (χ0n) is 18.8. The molecule has 2 heterocycles. The minimum Gasteiger partial charge on any atom is -0.399 e. The number of halogens is 3. The van der Waals surface area contributed by atoms with Gasteiger partial charge in [0, 0.05) is 30.8 Å². The van der Waals surface area contributed by atoms with Gasteiger partial charge in [-0.05, 0) is 56.7 Å². The highest BCUT2D eigenvalue weighted by Gasteiger charge is 2.47. The molecule has 33 heavy (non-hydrogen) atoms. The number of hydrogen-bond donors (Lipinski definition) is 2. The lowest BCUT2D eigenvalue weighted by molar-refractivity contribution is -0.138. The van der Waals surface area contributed by atoms with Crippen molar-refractivity contribution >= 4 is 34.0 Å². The second-order valence-corrected chi connectivity index (χ2v) is 8.36. The smallest absolute Gasteiger partial charge is 0.399 e. The molecule has 1 aromatic heterocycles. The molecule has 4 rings (SSSR count). The Labute approximate surface area is 188 Å². The summed E-state index contributed by atoms with van der Waals surface area (Å²) in [6.45, 7) is 5.14. The van der Waals surface area contributed by atoms with Gasteiger partial charge in [0.05, 0.1) is 22.8 Å². The number of carbonyl (C=O) groups is 1. The monoisotopic (exact) mass is 459 g/mol. The molecular formula is C23H24F3N5O2. The molecule has 0 fully saturated rings. The number of carbonyl (C=O) groups excluding carboxylic acids is 1. The lowest BCUT2D eigenvalue weighted by Gasteiger charge is -2.22. The number of methoxy groups -OCH3 is 1. The Morgan fingerprint density at radius 2 is 1.88 bits per heavy atom. The standard InChI is InChI=1S/C23H24F3N5O2/c1-11(13-6-14(23(24,25)26)8-15(27)7-13)28-20-16-9-17-19(10-18(16)29-12(2)30-20)31(4)21(32)22(17,3)33-5/h6-11H,27H2,1-5H3,(H,28,29,30)/t11-,22+/m1/s1. The third-order valence-electron chi connectivity index (χ3n) is 6.08. The lowest BCUT2D eigenvalue weighted by atomic mass is 9.95. The van der Waals surface area contributed by atoms with E-state index in [-0.39, 0.29) is 11.6 Å². The molecule has 10 heteroatoms. The van der Waals surface area contributed by atoms with Crippen molar-refractivity contribution in [2.75, 3.05) is 30.1 Å². The number of nitrogen functional groups attached to an aromatic ring is 1. The Hall–Kier alpha value is -3.40. The van der Waals surface area contributed by atoms with Crippen LogP contribution < -0.4 is 16.0 Å². The number of amides is 1. The van der Waals surface area contributed by atoms with Crippen LogP contribution in [0.1, 0.15) is 42.4 Å². The topological polar surface area (TPSA) is 93.4 Å². The number of likely N-dealkylation sites (N-methyl/N-ethyl adjacent to an activating group) is 1. The highest BCUT2D eigenvalue weighted by molar-refractivity contribution is 6.09. The summed E-state index contributed by atoms with van der Waals surface area (Å²) in [7, 11) is 3.14. The zero-order chi connectivity index (χ0) is 24.3. The number of aromatic nitrogens is 2. The number of alkyl halides is 3. The fourth-order valence-corrected chi connectivity index (χ4v) is 4.17. The molecule has 2 aromatic carbocycles. The number of fused-ring (bicyclic) bond motifs is 2. The van der Waals surface area contributed by atoms with Gasteiger partial charge in [-0.2, -0.15) is 13.2 Å². The molecule has 3 N–H and O–H groups in total. The summed E-state index contributed by atoms with van der Waals surface area (Å²) in [6, 6.07) is 6.51. The summed E-state index contributed by atoms with van der Waals surface area (Å²) in [5.41, 5.74) is 6.08. The molecule has 0 radical (unpaired) electrons. The first-order valence-corrected chi connectivity index (χ1v) is 10.3. The van der Waals surface area contributed by atoms with E-state index in [9.17, 15) is 18.0 Å². The predicted molar refractivity (Wildman–Crippen MR) is 120 cm³/mol. The van der Waals surface area contributed by atoms with E-state index in [1.165, 1.54) is 18.1 Å². The number of benzene rings is 2. The first-order chi connectivity index (χ1) is 15.3. The maximum Gasteiger partial charge on any atom is 0.416 e. The maximum atomic E-state index is 13.3. The SMILES string of the molecule is CO[C@]1(C)C(=O)N(C)c2cc3nc(C)nc(N[C@H](C)c4cc(N)cc(C(F)(F)F)c4)c3cc21. The quantitative estimate of drug-likeness (QED) is 0.556. The van der Waals surface area contributed by atoms with Gasteiger partial charge in [0.1, 0.15) is 11.6 Å². The molecule has 0 bridgehead atoms. The van der Waals surface area contributed by atoms with Gasteiger partial charge in [0.25, 0.3) is 5.91 Å². The first-order valence-electron chi connectivity index (χ1n) is 10.3. The van der Waals surface area contributed by atoms with Gasteiger partial charge < -0.3 is 20.7 Å². The van der Waals surface area contributed by atoms with Crippen LogP contribution in [0.15, 0.2) is 30.3 Å². The molecule has 7 nitrogen and oxygen atoms in total. The molecule has 1 amide bonds. The molecule has 0 saturated carbocycles. The second-order valence-electron chi connectivity index (χ2n) is 8.36. The van der Waals surface area contributed by atoms with Gasteiger partial charge in [-0.25, -0.2) is 9.97 Å². The Morgan fingerprint density at radius 3 is 2.52 bits per heavy atom. The van der Waals surface area contributed by atoms with E-state index in [2.05, 4.69) is 15.3 Å². The predicted octanol–water partition coefficient (Wildman–Crippen LogP) is 4.55. The van der Waals surface area contributed by atoms with Crippen LogP contribution in [0.25, 0.3) is 10.9 Å². The molecule has 3 aromatic rings. The largest absolute Gasteiger partial charge is 0.416 e. The number of rotatable bonds is 4. The summed E-state index contributed by atoms with van der Waals surface area (Å²) >= 11 is 0. The molecule has 1 aliphatic heterocycles. The molecule has 174 valence electrons. The van der Waals surface area contributed by atoms with E-state index >= 15 is 0 Å². The average molecular weight is 459 g/mol. The van der Waals surface area contributed by atoms with E-state index in [1.807, 2.05) is 0 Å². The van der Waals surface area contributed by atoms with Gasteiger partial charge in [0.15, 0.2) is 5.60 Å². The van der Waals surface area contributed by atoms with Crippen LogP contribution in [0.4, 0.5) is 30.4 Å². The van der Waals surface area contributed by atoms with Crippen molar-refractivity contribution in [1.29, 1.82) is 0 Å². The van der Waals surface area contributed by atoms with Crippen molar-refractivity contribution in [2.24, 2.45) is 0 Å². The van der Waals surface area contributed by atoms with Crippen molar-refractivity contribution in [1.82, 2.24) is 9.97 Å². The summed E-state index contributed by atoms with van der Waals surface area (Å²) < 4.78 is 45.3. The summed E-state index contributed by atoms with van der Waals surface area (Å²) in [6.07, 6.45) is -4.51. The fraction of sp³-hybridized carbons (Fsp3) is 0.348. The number of hydrogen-bond acceptors (Lipinski definition) is 6. The minimum atomic E-state index is -4.51. The van der Waals surface area contributed by atoms with Crippen molar-refractivity contribution in [3.63, 3.8) is 0 Å². The number of aryl methyl sites for hydroxylation is 1. The fourth-order valence-electron chi connectivity index (χ4n) is 4.17. The minimum absolute atomic E-state index is 0.0208. The van der Waals surface area contributed by atoms with Crippen molar-refractivity contribution in [3.05, 3.63) is 52.8 Å². The van der Waals surface area contributed by atoms with Gasteiger partial charge in [-0.15, -0.1) is 0 Å². The van der Waals surface area contributed by atoms with E-state index < -0.39 is 23.4 Å². The maximum absolute atomic E-state index is 13.3. The van der Waals surface area contributed by atoms with Crippen molar-refractivity contribution in [3.8, 4) is 0 Å². The van der Waals surface area contributed by atoms with Crippen LogP contribution in [0, 0.1) is 6.92 Å². The van der Waals surface area contributed by atoms with E-state index in [4.69, 9.17) is 10.5 Å². The van der Waals surface area contributed by atoms with Gasteiger partial charge >= 0.3 is 6.18 Å². The van der Waals surface area contributed by atoms with Gasteiger partial charge in [0.2, 0.25) is 0 Å². The zero-order valence-corrected chi connectivity index (χ0v) is 18.8. The molecule has 1 aliphatic rings. The van der Waals surface area contributed by atoms with Gasteiger partial charge in [-0.1, -0.05) is 0 Å². The average Bonchev–Trinajstić information content (AvgIpc) is 2.92. The first kappa shape index (κ1) is 22.8. The van der Waals surface area contributed by atoms with E-state index in [0.29, 0.717) is 39.4 Å². The number of nitrogens with two attached hydrogens (primary N) is 1. The summed E-state index contributed by atoms with van der Waals surface area (Å²) in [5.74, 6) is 0.703. The molecule has 2 atom stereocenters. The van der Waals surface area contributed by atoms with E-state index in [0.717, 1.165) is 12.1 Å². The van der Waals surface area contributed by atoms with Crippen molar-refractivity contribution < 1.29 is 22.7 Å². The third kappa shape index (κ3) is 3.74. The Balaban J connectivity index is 1.81. The summed E-state index contributed by atoms with van der Waals surface area (Å²) in [5, 5.41) is 3.82. The van der Waals surface area contributed by atoms with Crippen LogP contribution in [-0.2, 0) is 21.3 Å². The molecule has 0 spiro atoms. The molecule has 0 unspecified atom stereocenters. The Kier molecular flexibility index (Phi) is 5.24. The van der Waals surface area contributed by atoms with Crippen LogP contribution >= 0.6 is 0 Å². The number of ether oxygens (including phenoxy) is 1. The highest BCUT2D eigenvalue weighted by atomic mass is 19.4. The number of nitrogens with zero attached hydrogens (tertiary/aromatic N) is 3. The molecule has 0 aliphatic carbocycles. The molecule has 0 saturated heterocycles. The van der Waals surface area contributed by atoms with Gasteiger partial charge in [-0.3, -0.25) is 4.79 Å². The van der Waals surface area contributed by atoms with Crippen LogP contribution in [0.3, 0.4) is 0 Å². The van der Waals surface area contributed by atoms with Crippen LogP contribution in [-0.4, -0.2) is 30.0 Å². The Morgan fingerprint density at radius 1 is 1.18 bits per heavy atom. The normalized spacial score (nSPS) is 19.2. The lowest BCUT2D eigenvalue weighted by Crippen LogP contribution is -2.37.